The third kappa shape index (κ3) is 12.8. The second-order valence-electron chi connectivity index (χ2n) is 8.78. The van der Waals surface area contributed by atoms with Gasteiger partial charge in [0.05, 0.1) is 11.4 Å². The fourth-order valence-electron chi connectivity index (χ4n) is 3.00. The molecule has 6 heteroatoms. The van der Waals surface area contributed by atoms with E-state index in [1.807, 2.05) is 84.9 Å². The van der Waals surface area contributed by atoms with Gasteiger partial charge in [-0.1, -0.05) is 126 Å². The van der Waals surface area contributed by atoms with Gasteiger partial charge >= 0.3 is 0 Å². The first kappa shape index (κ1) is 32.4. The van der Waals surface area contributed by atoms with Crippen LogP contribution in [0.3, 0.4) is 0 Å². The van der Waals surface area contributed by atoms with E-state index in [2.05, 4.69) is 126 Å². The van der Waals surface area contributed by atoms with Crippen LogP contribution >= 0.6 is 63.7 Å². The van der Waals surface area contributed by atoms with E-state index < -0.39 is 0 Å². The SMILES string of the molecule is BrC(=Nc1ccccc1)c1cccc(Br)c1.CC(C)Br.CC(C)c1cccc(C(Br)=Nc2ccccc2)c1. The van der Waals surface area contributed by atoms with Crippen LogP contribution in [0.15, 0.2) is 124 Å². The minimum atomic E-state index is 0.530. The maximum atomic E-state index is 4.56. The molecule has 0 saturated heterocycles. The molecule has 0 fully saturated rings. The Morgan fingerprint density at radius 3 is 1.42 bits per heavy atom. The van der Waals surface area contributed by atoms with Crippen molar-refractivity contribution >= 4 is 84.3 Å². The smallest absolute Gasteiger partial charge is 0.114 e. The summed E-state index contributed by atoms with van der Waals surface area (Å²) >= 11 is 13.8. The molecule has 0 bridgehead atoms. The summed E-state index contributed by atoms with van der Waals surface area (Å²) in [6.07, 6.45) is 0. The van der Waals surface area contributed by atoms with Gasteiger partial charge in [0.25, 0.3) is 0 Å². The molecular weight excluding hydrogens is 732 g/mol. The molecule has 4 aromatic rings. The van der Waals surface area contributed by atoms with Crippen LogP contribution in [0.4, 0.5) is 11.4 Å². The highest BCUT2D eigenvalue weighted by molar-refractivity contribution is 9.18. The molecule has 0 aliphatic carbocycles. The Kier molecular flexibility index (Phi) is 15.0. The maximum Gasteiger partial charge on any atom is 0.114 e. The molecule has 38 heavy (non-hydrogen) atoms. The average Bonchev–Trinajstić information content (AvgIpc) is 2.90. The molecular formula is C32H32Br4N2. The zero-order valence-electron chi connectivity index (χ0n) is 22.0. The molecule has 198 valence electrons. The lowest BCUT2D eigenvalue weighted by molar-refractivity contribution is 0.866. The van der Waals surface area contributed by atoms with Crippen LogP contribution in [0.1, 0.15) is 50.3 Å². The predicted octanol–water partition coefficient (Wildman–Crippen LogP) is 12.0. The van der Waals surface area contributed by atoms with Crippen molar-refractivity contribution in [2.45, 2.75) is 38.4 Å². The van der Waals surface area contributed by atoms with Gasteiger partial charge in [-0.2, -0.15) is 0 Å². The molecule has 0 aromatic heterocycles. The Hall–Kier alpha value is -1.86. The van der Waals surface area contributed by atoms with Crippen LogP contribution in [0.25, 0.3) is 0 Å². The summed E-state index contributed by atoms with van der Waals surface area (Å²) in [4.78, 5) is 9.69. The Morgan fingerprint density at radius 2 is 1.00 bits per heavy atom. The van der Waals surface area contributed by atoms with E-state index >= 15 is 0 Å². The van der Waals surface area contributed by atoms with E-state index in [1.54, 1.807) is 0 Å². The first-order valence-electron chi connectivity index (χ1n) is 12.2. The van der Waals surface area contributed by atoms with Gasteiger partial charge < -0.3 is 0 Å². The predicted molar refractivity (Wildman–Crippen MR) is 182 cm³/mol. The number of para-hydroxylation sites is 2. The second-order valence-corrected chi connectivity index (χ2v) is 13.0. The van der Waals surface area contributed by atoms with Crippen LogP contribution in [0, 0.1) is 0 Å². The Bertz CT molecular complexity index is 1300. The van der Waals surface area contributed by atoms with E-state index in [0.29, 0.717) is 10.7 Å². The summed E-state index contributed by atoms with van der Waals surface area (Å²) in [5.41, 5.74) is 5.39. The van der Waals surface area contributed by atoms with E-state index in [4.69, 9.17) is 0 Å². The summed E-state index contributed by atoms with van der Waals surface area (Å²) in [7, 11) is 0. The number of hydrogen-bond acceptors (Lipinski definition) is 2. The van der Waals surface area contributed by atoms with Crippen LogP contribution in [-0.4, -0.2) is 14.1 Å². The molecule has 0 atom stereocenters. The van der Waals surface area contributed by atoms with Crippen molar-refractivity contribution in [3.05, 3.63) is 130 Å². The molecule has 0 heterocycles. The van der Waals surface area contributed by atoms with Crippen molar-refractivity contribution in [2.75, 3.05) is 0 Å². The number of alkyl halides is 1. The quantitative estimate of drug-likeness (QED) is 0.143. The summed E-state index contributed by atoms with van der Waals surface area (Å²) in [6, 6.07) is 36.3. The third-order valence-corrected chi connectivity index (χ3v) is 6.58. The molecule has 0 aliphatic rings. The van der Waals surface area contributed by atoms with Crippen molar-refractivity contribution in [1.29, 1.82) is 0 Å². The summed E-state index contributed by atoms with van der Waals surface area (Å²) in [6.45, 7) is 8.56. The molecule has 4 aromatic carbocycles. The zero-order valence-corrected chi connectivity index (χ0v) is 28.3. The first-order chi connectivity index (χ1) is 18.2. The summed E-state index contributed by atoms with van der Waals surface area (Å²) in [5, 5.41) is 0. The van der Waals surface area contributed by atoms with E-state index in [1.165, 1.54) is 5.56 Å². The standard InChI is InChI=1S/C16H16BrN.C13H9Br2N.C3H7Br/c1-12(2)13-7-6-8-14(11-13)16(17)18-15-9-4-3-5-10-15;14-11-6-4-5-10(9-11)13(15)16-12-7-2-1-3-8-12;1-3(2)4/h3-12H,1-2H3;1-9H;3H,1-2H3. The molecule has 0 saturated carbocycles. The molecule has 0 spiro atoms. The highest BCUT2D eigenvalue weighted by Crippen LogP contribution is 2.21. The van der Waals surface area contributed by atoms with Crippen LogP contribution < -0.4 is 0 Å². The second kappa shape index (κ2) is 17.7. The molecule has 0 N–H and O–H groups in total. The number of aliphatic imine (C=N–C) groups is 2. The average molecular weight is 764 g/mol. The topological polar surface area (TPSA) is 24.7 Å². The normalized spacial score (nSPS) is 11.4. The fraction of sp³-hybridized carbons (Fsp3) is 0.188. The van der Waals surface area contributed by atoms with Crippen molar-refractivity contribution in [3.63, 3.8) is 0 Å². The number of benzene rings is 4. The summed E-state index contributed by atoms with van der Waals surface area (Å²) < 4.78 is 2.75. The van der Waals surface area contributed by atoms with E-state index in [-0.39, 0.29) is 0 Å². The highest BCUT2D eigenvalue weighted by atomic mass is 79.9. The van der Waals surface area contributed by atoms with E-state index in [9.17, 15) is 0 Å². The molecule has 0 unspecified atom stereocenters. The number of hydrogen-bond donors (Lipinski definition) is 0. The maximum absolute atomic E-state index is 4.56. The van der Waals surface area contributed by atoms with Gasteiger partial charge in [0.1, 0.15) is 9.24 Å². The minimum absolute atomic E-state index is 0.530. The van der Waals surface area contributed by atoms with Gasteiger partial charge in [0.15, 0.2) is 0 Å². The van der Waals surface area contributed by atoms with Gasteiger partial charge in [-0.25, -0.2) is 9.98 Å². The van der Waals surface area contributed by atoms with E-state index in [0.717, 1.165) is 36.2 Å². The van der Waals surface area contributed by atoms with Gasteiger partial charge in [-0.15, -0.1) is 0 Å². The lowest BCUT2D eigenvalue weighted by Gasteiger charge is -2.07. The van der Waals surface area contributed by atoms with Gasteiger partial charge in [0.2, 0.25) is 0 Å². The Labute approximate surface area is 261 Å². The Balaban J connectivity index is 0.000000235. The Morgan fingerprint density at radius 1 is 0.579 bits per heavy atom. The molecule has 0 aliphatic heterocycles. The zero-order chi connectivity index (χ0) is 27.9. The highest BCUT2D eigenvalue weighted by Gasteiger charge is 2.04. The third-order valence-electron chi connectivity index (χ3n) is 4.82. The van der Waals surface area contributed by atoms with Gasteiger partial charge in [-0.3, -0.25) is 0 Å². The van der Waals surface area contributed by atoms with Crippen molar-refractivity contribution in [1.82, 2.24) is 0 Å². The lowest BCUT2D eigenvalue weighted by Crippen LogP contribution is -1.94. The fourth-order valence-corrected chi connectivity index (χ4v) is 4.31. The van der Waals surface area contributed by atoms with Crippen molar-refractivity contribution in [3.8, 4) is 0 Å². The van der Waals surface area contributed by atoms with Crippen LogP contribution in [0.2, 0.25) is 0 Å². The minimum Gasteiger partial charge on any atom is -0.241 e. The van der Waals surface area contributed by atoms with Gasteiger partial charge in [-0.05, 0) is 85.8 Å². The number of halogens is 4. The first-order valence-corrected chi connectivity index (χ1v) is 15.5. The van der Waals surface area contributed by atoms with Crippen LogP contribution in [0.5, 0.6) is 0 Å². The molecule has 2 nitrogen and oxygen atoms in total. The van der Waals surface area contributed by atoms with Crippen molar-refractivity contribution in [2.24, 2.45) is 9.98 Å². The van der Waals surface area contributed by atoms with Gasteiger partial charge in [0, 0.05) is 20.4 Å². The lowest BCUT2D eigenvalue weighted by atomic mass is 10.0. The van der Waals surface area contributed by atoms with Crippen LogP contribution in [-0.2, 0) is 0 Å². The largest absolute Gasteiger partial charge is 0.241 e. The number of rotatable bonds is 5. The summed E-state index contributed by atoms with van der Waals surface area (Å²) in [5.74, 6) is 0.530. The monoisotopic (exact) mass is 760 g/mol. The molecule has 4 rings (SSSR count). The van der Waals surface area contributed by atoms with Crippen molar-refractivity contribution < 1.29 is 0 Å². The molecule has 0 radical (unpaired) electrons. The number of nitrogens with zero attached hydrogens (tertiary/aromatic N) is 2. The molecule has 0 amide bonds.